The van der Waals surface area contributed by atoms with Gasteiger partial charge in [0.25, 0.3) is 0 Å². The highest BCUT2D eigenvalue weighted by atomic mass is 16.5. The van der Waals surface area contributed by atoms with Crippen LogP contribution in [-0.4, -0.2) is 22.7 Å². The van der Waals surface area contributed by atoms with Gasteiger partial charge in [0.1, 0.15) is 0 Å². The summed E-state index contributed by atoms with van der Waals surface area (Å²) in [5, 5.41) is 9.25. The molecular formula is C19H19NO3. The number of rotatable bonds is 4. The highest BCUT2D eigenvalue weighted by Gasteiger charge is 2.28. The number of hydrogen-bond donors (Lipinski definition) is 1. The van der Waals surface area contributed by atoms with Crippen molar-refractivity contribution in [2.24, 2.45) is 0 Å². The van der Waals surface area contributed by atoms with Crippen LogP contribution in [0.15, 0.2) is 42.7 Å². The van der Waals surface area contributed by atoms with Crippen LogP contribution in [0.1, 0.15) is 37.5 Å². The molecule has 1 aromatic heterocycles. The van der Waals surface area contributed by atoms with Gasteiger partial charge in [-0.25, -0.2) is 0 Å². The van der Waals surface area contributed by atoms with Crippen molar-refractivity contribution in [3.8, 4) is 17.6 Å². The quantitative estimate of drug-likeness (QED) is 0.881. The maximum Gasteiger partial charge on any atom is 0.313 e. The number of carbonyl (C=O) groups is 1. The molecule has 0 unspecified atom stereocenters. The standard InChI is InChI=1S/C19H19NO3/c1-4-23-17-13-20-12-11-15(17)8-5-14-6-9-16(10-7-14)19(2,3)18(21)22/h6-7,9-13H,4H2,1-3H3,(H,21,22). The number of pyridine rings is 1. The van der Waals surface area contributed by atoms with Gasteiger partial charge in [-0.15, -0.1) is 0 Å². The Morgan fingerprint density at radius 3 is 2.52 bits per heavy atom. The van der Waals surface area contributed by atoms with Gasteiger partial charge < -0.3 is 9.84 Å². The van der Waals surface area contributed by atoms with Gasteiger partial charge in [-0.1, -0.05) is 24.0 Å². The largest absolute Gasteiger partial charge is 0.491 e. The number of aromatic nitrogens is 1. The Labute approximate surface area is 136 Å². The first-order chi connectivity index (χ1) is 10.9. The highest BCUT2D eigenvalue weighted by molar-refractivity contribution is 5.80. The number of nitrogens with zero attached hydrogens (tertiary/aromatic N) is 1. The molecule has 0 amide bonds. The fraction of sp³-hybridized carbons (Fsp3) is 0.263. The van der Waals surface area contributed by atoms with Crippen molar-refractivity contribution in [1.82, 2.24) is 4.98 Å². The molecule has 2 aromatic rings. The average molecular weight is 309 g/mol. The zero-order valence-corrected chi connectivity index (χ0v) is 13.5. The summed E-state index contributed by atoms with van der Waals surface area (Å²) >= 11 is 0. The second kappa shape index (κ2) is 6.97. The number of hydrogen-bond acceptors (Lipinski definition) is 3. The van der Waals surface area contributed by atoms with E-state index in [-0.39, 0.29) is 0 Å². The van der Waals surface area contributed by atoms with Crippen LogP contribution in [0.3, 0.4) is 0 Å². The zero-order chi connectivity index (χ0) is 16.9. The Bertz CT molecular complexity index is 752. The number of benzene rings is 1. The van der Waals surface area contributed by atoms with Gasteiger partial charge in [0, 0.05) is 11.8 Å². The average Bonchev–Trinajstić information content (AvgIpc) is 2.54. The summed E-state index contributed by atoms with van der Waals surface area (Å²) in [5.41, 5.74) is 1.42. The van der Waals surface area contributed by atoms with E-state index in [1.807, 2.05) is 19.1 Å². The molecule has 0 saturated carbocycles. The molecule has 1 heterocycles. The predicted octanol–water partition coefficient (Wildman–Crippen LogP) is 3.24. The van der Waals surface area contributed by atoms with Crippen LogP contribution in [-0.2, 0) is 10.2 Å². The fourth-order valence-electron chi connectivity index (χ4n) is 1.99. The fourth-order valence-corrected chi connectivity index (χ4v) is 1.99. The van der Waals surface area contributed by atoms with Crippen LogP contribution < -0.4 is 4.74 Å². The Balaban J connectivity index is 2.25. The van der Waals surface area contributed by atoms with Crippen molar-refractivity contribution in [2.75, 3.05) is 6.61 Å². The van der Waals surface area contributed by atoms with Crippen molar-refractivity contribution in [1.29, 1.82) is 0 Å². The number of ether oxygens (including phenoxy) is 1. The predicted molar refractivity (Wildman–Crippen MR) is 88.5 cm³/mol. The van der Waals surface area contributed by atoms with Gasteiger partial charge >= 0.3 is 5.97 Å². The number of carboxylic acids is 1. The van der Waals surface area contributed by atoms with E-state index in [1.54, 1.807) is 44.4 Å². The minimum atomic E-state index is -0.917. The molecular weight excluding hydrogens is 290 g/mol. The number of aliphatic carboxylic acids is 1. The molecule has 118 valence electrons. The van der Waals surface area contributed by atoms with Crippen LogP contribution in [0.2, 0.25) is 0 Å². The molecule has 4 heteroatoms. The summed E-state index contributed by atoms with van der Waals surface area (Å²) in [6.07, 6.45) is 3.32. The molecule has 0 spiro atoms. The van der Waals surface area contributed by atoms with E-state index in [2.05, 4.69) is 16.8 Å². The Morgan fingerprint density at radius 2 is 1.91 bits per heavy atom. The van der Waals surface area contributed by atoms with Crippen molar-refractivity contribution < 1.29 is 14.6 Å². The topological polar surface area (TPSA) is 59.4 Å². The van der Waals surface area contributed by atoms with Crippen LogP contribution in [0.4, 0.5) is 0 Å². The monoisotopic (exact) mass is 309 g/mol. The van der Waals surface area contributed by atoms with Gasteiger partial charge in [0.15, 0.2) is 5.75 Å². The second-order valence-corrected chi connectivity index (χ2v) is 5.56. The maximum atomic E-state index is 11.3. The summed E-state index contributed by atoms with van der Waals surface area (Å²) in [6, 6.07) is 9.06. The molecule has 0 atom stereocenters. The third-order valence-electron chi connectivity index (χ3n) is 3.57. The molecule has 0 aliphatic carbocycles. The lowest BCUT2D eigenvalue weighted by Crippen LogP contribution is -2.28. The Kier molecular flexibility index (Phi) is 5.02. The lowest BCUT2D eigenvalue weighted by molar-refractivity contribution is -0.142. The third kappa shape index (κ3) is 3.89. The van der Waals surface area contributed by atoms with Crippen LogP contribution in [0.25, 0.3) is 0 Å². The van der Waals surface area contributed by atoms with E-state index in [4.69, 9.17) is 4.74 Å². The summed E-state index contributed by atoms with van der Waals surface area (Å²) < 4.78 is 5.49. The summed E-state index contributed by atoms with van der Waals surface area (Å²) in [5.74, 6) is 5.93. The van der Waals surface area contributed by atoms with Gasteiger partial charge in [0.05, 0.1) is 23.8 Å². The summed E-state index contributed by atoms with van der Waals surface area (Å²) in [4.78, 5) is 15.3. The maximum absolute atomic E-state index is 11.3. The van der Waals surface area contributed by atoms with Crippen molar-refractivity contribution in [2.45, 2.75) is 26.2 Å². The van der Waals surface area contributed by atoms with Crippen molar-refractivity contribution in [3.05, 3.63) is 59.4 Å². The van der Waals surface area contributed by atoms with Crippen LogP contribution in [0.5, 0.6) is 5.75 Å². The molecule has 2 rings (SSSR count). The van der Waals surface area contributed by atoms with Crippen molar-refractivity contribution >= 4 is 5.97 Å². The molecule has 0 saturated heterocycles. The minimum Gasteiger partial charge on any atom is -0.491 e. The van der Waals surface area contributed by atoms with Crippen molar-refractivity contribution in [3.63, 3.8) is 0 Å². The molecule has 1 N–H and O–H groups in total. The molecule has 23 heavy (non-hydrogen) atoms. The second-order valence-electron chi connectivity index (χ2n) is 5.56. The van der Waals surface area contributed by atoms with E-state index in [0.29, 0.717) is 12.4 Å². The Hall–Kier alpha value is -2.80. The normalized spacial score (nSPS) is 10.6. The smallest absolute Gasteiger partial charge is 0.313 e. The lowest BCUT2D eigenvalue weighted by atomic mass is 9.84. The summed E-state index contributed by atoms with van der Waals surface area (Å²) in [6.45, 7) is 5.83. The highest BCUT2D eigenvalue weighted by Crippen LogP contribution is 2.23. The molecule has 0 bridgehead atoms. The first-order valence-electron chi connectivity index (χ1n) is 7.38. The summed E-state index contributed by atoms with van der Waals surface area (Å²) in [7, 11) is 0. The van der Waals surface area contributed by atoms with Gasteiger partial charge in [0.2, 0.25) is 0 Å². The SMILES string of the molecule is CCOc1cnccc1C#Cc1ccc(C(C)(C)C(=O)O)cc1. The zero-order valence-electron chi connectivity index (χ0n) is 13.5. The molecule has 1 aromatic carbocycles. The first-order valence-corrected chi connectivity index (χ1v) is 7.38. The Morgan fingerprint density at radius 1 is 1.22 bits per heavy atom. The van der Waals surface area contributed by atoms with Gasteiger partial charge in [-0.2, -0.15) is 0 Å². The van der Waals surface area contributed by atoms with E-state index >= 15 is 0 Å². The van der Waals surface area contributed by atoms with E-state index in [1.165, 1.54) is 0 Å². The lowest BCUT2D eigenvalue weighted by Gasteiger charge is -2.19. The molecule has 0 fully saturated rings. The molecule has 4 nitrogen and oxygen atoms in total. The van der Waals surface area contributed by atoms with Crippen LogP contribution >= 0.6 is 0 Å². The number of carboxylic acid groups (broad SMARTS) is 1. The molecule has 0 aliphatic rings. The third-order valence-corrected chi connectivity index (χ3v) is 3.57. The van der Waals surface area contributed by atoms with Gasteiger partial charge in [-0.3, -0.25) is 9.78 Å². The molecule has 0 aliphatic heterocycles. The first kappa shape index (κ1) is 16.6. The molecule has 0 radical (unpaired) electrons. The van der Waals surface area contributed by atoms with Gasteiger partial charge in [-0.05, 0) is 44.5 Å². The van der Waals surface area contributed by atoms with E-state index in [9.17, 15) is 9.90 Å². The van der Waals surface area contributed by atoms with E-state index in [0.717, 1.165) is 16.7 Å². The minimum absolute atomic E-state index is 0.555. The van der Waals surface area contributed by atoms with Crippen LogP contribution in [0, 0.1) is 11.8 Å². The van der Waals surface area contributed by atoms with E-state index < -0.39 is 11.4 Å².